The summed E-state index contributed by atoms with van der Waals surface area (Å²) >= 11 is 5.88. The van der Waals surface area contributed by atoms with Crippen molar-refractivity contribution in [2.45, 2.75) is 26.3 Å². The minimum atomic E-state index is 0.146. The van der Waals surface area contributed by atoms with Crippen LogP contribution in [0.1, 0.15) is 31.7 Å². The zero-order chi connectivity index (χ0) is 15.5. The van der Waals surface area contributed by atoms with Gasteiger partial charge in [0.05, 0.1) is 11.1 Å². The van der Waals surface area contributed by atoms with Gasteiger partial charge in [-0.15, -0.1) is 10.2 Å². The second-order valence-corrected chi connectivity index (χ2v) is 5.86. The van der Waals surface area contributed by atoms with Gasteiger partial charge in [0.25, 0.3) is 0 Å². The molecular formula is C15H20ClN5O. The number of aromatic nitrogens is 3. The molecule has 7 heteroatoms. The van der Waals surface area contributed by atoms with Gasteiger partial charge in [0.2, 0.25) is 11.8 Å². The molecule has 2 aromatic heterocycles. The minimum absolute atomic E-state index is 0.146. The maximum atomic E-state index is 5.88. The quantitative estimate of drug-likeness (QED) is 0.862. The van der Waals surface area contributed by atoms with Crippen LogP contribution in [0.3, 0.4) is 0 Å². The first-order valence-electron chi connectivity index (χ1n) is 7.60. The highest BCUT2D eigenvalue weighted by molar-refractivity contribution is 6.30. The number of halogens is 1. The first-order valence-corrected chi connectivity index (χ1v) is 7.98. The van der Waals surface area contributed by atoms with Gasteiger partial charge in [0.1, 0.15) is 5.82 Å². The van der Waals surface area contributed by atoms with E-state index in [1.807, 2.05) is 19.1 Å². The lowest BCUT2D eigenvalue weighted by atomic mass is 10.2. The van der Waals surface area contributed by atoms with Gasteiger partial charge in [-0.2, -0.15) is 0 Å². The van der Waals surface area contributed by atoms with Crippen molar-refractivity contribution in [3.8, 4) is 0 Å². The molecule has 1 atom stereocenters. The molecule has 1 aliphatic heterocycles. The zero-order valence-electron chi connectivity index (χ0n) is 12.9. The number of aryl methyl sites for hydroxylation is 1. The van der Waals surface area contributed by atoms with Crippen molar-refractivity contribution in [2.75, 3.05) is 31.1 Å². The van der Waals surface area contributed by atoms with E-state index in [0.717, 1.165) is 38.4 Å². The first kappa shape index (κ1) is 15.2. The van der Waals surface area contributed by atoms with Crippen molar-refractivity contribution in [3.63, 3.8) is 0 Å². The Morgan fingerprint density at radius 3 is 2.59 bits per heavy atom. The third-order valence-electron chi connectivity index (χ3n) is 4.04. The fourth-order valence-electron chi connectivity index (χ4n) is 2.63. The summed E-state index contributed by atoms with van der Waals surface area (Å²) in [5, 5.41) is 8.86. The van der Waals surface area contributed by atoms with Gasteiger partial charge in [0.15, 0.2) is 0 Å². The van der Waals surface area contributed by atoms with Crippen molar-refractivity contribution in [1.82, 2.24) is 20.1 Å². The SMILES string of the molecule is CCc1nnc(C(C)N2CCN(c3ccc(Cl)cn3)CC2)o1. The van der Waals surface area contributed by atoms with Crippen LogP contribution in [-0.4, -0.2) is 46.3 Å². The Balaban J connectivity index is 1.60. The lowest BCUT2D eigenvalue weighted by molar-refractivity contribution is 0.171. The molecule has 3 rings (SSSR count). The molecule has 0 N–H and O–H groups in total. The van der Waals surface area contributed by atoms with Gasteiger partial charge < -0.3 is 9.32 Å². The molecular weight excluding hydrogens is 302 g/mol. The van der Waals surface area contributed by atoms with Crippen LogP contribution in [0.4, 0.5) is 5.82 Å². The summed E-state index contributed by atoms with van der Waals surface area (Å²) in [4.78, 5) is 9.01. The third kappa shape index (κ3) is 3.23. The van der Waals surface area contributed by atoms with Crippen LogP contribution in [0.15, 0.2) is 22.7 Å². The molecule has 1 unspecified atom stereocenters. The smallest absolute Gasteiger partial charge is 0.233 e. The van der Waals surface area contributed by atoms with E-state index in [4.69, 9.17) is 16.0 Å². The Labute approximate surface area is 135 Å². The molecule has 0 saturated carbocycles. The topological polar surface area (TPSA) is 58.3 Å². The molecule has 0 aliphatic carbocycles. The number of anilines is 1. The Kier molecular flexibility index (Phi) is 4.59. The fourth-order valence-corrected chi connectivity index (χ4v) is 2.74. The average molecular weight is 322 g/mol. The van der Waals surface area contributed by atoms with Crippen LogP contribution in [0.2, 0.25) is 5.02 Å². The van der Waals surface area contributed by atoms with E-state index < -0.39 is 0 Å². The third-order valence-corrected chi connectivity index (χ3v) is 4.26. The number of rotatable bonds is 4. The number of hydrogen-bond donors (Lipinski definition) is 0. The van der Waals surface area contributed by atoms with Crippen molar-refractivity contribution >= 4 is 17.4 Å². The highest BCUT2D eigenvalue weighted by atomic mass is 35.5. The van der Waals surface area contributed by atoms with E-state index in [1.54, 1.807) is 6.20 Å². The van der Waals surface area contributed by atoms with Crippen LogP contribution in [0, 0.1) is 0 Å². The predicted octanol–water partition coefficient (Wildman–Crippen LogP) is 2.56. The molecule has 0 amide bonds. The van der Waals surface area contributed by atoms with E-state index >= 15 is 0 Å². The van der Waals surface area contributed by atoms with Crippen LogP contribution in [-0.2, 0) is 6.42 Å². The van der Waals surface area contributed by atoms with Crippen LogP contribution in [0.25, 0.3) is 0 Å². The van der Waals surface area contributed by atoms with Gasteiger partial charge in [-0.1, -0.05) is 18.5 Å². The summed E-state index contributed by atoms with van der Waals surface area (Å²) in [6, 6.07) is 3.99. The first-order chi connectivity index (χ1) is 10.7. The van der Waals surface area contributed by atoms with Crippen molar-refractivity contribution in [2.24, 2.45) is 0 Å². The van der Waals surface area contributed by atoms with Crippen molar-refractivity contribution in [3.05, 3.63) is 35.1 Å². The molecule has 2 aromatic rings. The summed E-state index contributed by atoms with van der Waals surface area (Å²) in [5.41, 5.74) is 0. The van der Waals surface area contributed by atoms with Crippen molar-refractivity contribution < 1.29 is 4.42 Å². The second kappa shape index (κ2) is 6.62. The van der Waals surface area contributed by atoms with Gasteiger partial charge >= 0.3 is 0 Å². The highest BCUT2D eigenvalue weighted by Gasteiger charge is 2.25. The van der Waals surface area contributed by atoms with Crippen LogP contribution in [0.5, 0.6) is 0 Å². The number of nitrogens with zero attached hydrogens (tertiary/aromatic N) is 5. The molecule has 1 saturated heterocycles. The highest BCUT2D eigenvalue weighted by Crippen LogP contribution is 2.22. The molecule has 0 spiro atoms. The van der Waals surface area contributed by atoms with E-state index in [0.29, 0.717) is 16.8 Å². The van der Waals surface area contributed by atoms with E-state index in [2.05, 4.69) is 31.9 Å². The monoisotopic (exact) mass is 321 g/mol. The zero-order valence-corrected chi connectivity index (χ0v) is 13.6. The van der Waals surface area contributed by atoms with E-state index in [1.165, 1.54) is 0 Å². The second-order valence-electron chi connectivity index (χ2n) is 5.42. The lowest BCUT2D eigenvalue weighted by Gasteiger charge is -2.37. The van der Waals surface area contributed by atoms with Crippen LogP contribution >= 0.6 is 11.6 Å². The summed E-state index contributed by atoms with van der Waals surface area (Å²) in [7, 11) is 0. The maximum absolute atomic E-state index is 5.88. The maximum Gasteiger partial charge on any atom is 0.233 e. The number of piperazine rings is 1. The molecule has 0 bridgehead atoms. The van der Waals surface area contributed by atoms with E-state index in [9.17, 15) is 0 Å². The molecule has 0 radical (unpaired) electrons. The Morgan fingerprint density at radius 1 is 1.23 bits per heavy atom. The number of pyridine rings is 1. The number of hydrogen-bond acceptors (Lipinski definition) is 6. The summed E-state index contributed by atoms with van der Waals surface area (Å²) in [6.45, 7) is 7.86. The van der Waals surface area contributed by atoms with Gasteiger partial charge in [-0.25, -0.2) is 4.98 Å². The lowest BCUT2D eigenvalue weighted by Crippen LogP contribution is -2.47. The van der Waals surface area contributed by atoms with E-state index in [-0.39, 0.29) is 6.04 Å². The summed E-state index contributed by atoms with van der Waals surface area (Å²) in [6.07, 6.45) is 2.46. The Bertz CT molecular complexity index is 607. The molecule has 0 aromatic carbocycles. The summed E-state index contributed by atoms with van der Waals surface area (Å²) in [5.74, 6) is 2.38. The molecule has 3 heterocycles. The normalized spacial score (nSPS) is 17.7. The Morgan fingerprint density at radius 2 is 2.00 bits per heavy atom. The predicted molar refractivity (Wildman–Crippen MR) is 85.1 cm³/mol. The van der Waals surface area contributed by atoms with Crippen molar-refractivity contribution in [1.29, 1.82) is 0 Å². The molecule has 1 fully saturated rings. The Hall–Kier alpha value is -1.66. The molecule has 118 valence electrons. The average Bonchev–Trinajstić information content (AvgIpc) is 3.04. The molecule has 6 nitrogen and oxygen atoms in total. The fraction of sp³-hybridized carbons (Fsp3) is 0.533. The molecule has 1 aliphatic rings. The molecule has 22 heavy (non-hydrogen) atoms. The largest absolute Gasteiger partial charge is 0.424 e. The van der Waals surface area contributed by atoms with Crippen LogP contribution < -0.4 is 4.90 Å². The minimum Gasteiger partial charge on any atom is -0.424 e. The van der Waals surface area contributed by atoms with Gasteiger partial charge in [0, 0.05) is 38.8 Å². The van der Waals surface area contributed by atoms with Gasteiger partial charge in [-0.3, -0.25) is 4.90 Å². The van der Waals surface area contributed by atoms with Gasteiger partial charge in [-0.05, 0) is 19.1 Å². The summed E-state index contributed by atoms with van der Waals surface area (Å²) < 4.78 is 5.67. The standard InChI is InChI=1S/C15H20ClN5O/c1-3-14-18-19-15(22-14)11(2)20-6-8-21(9-7-20)13-5-4-12(16)10-17-13/h4-5,10-11H,3,6-9H2,1-2H3.